The molecule has 2 aromatic rings. The van der Waals surface area contributed by atoms with Gasteiger partial charge in [0.15, 0.2) is 0 Å². The summed E-state index contributed by atoms with van der Waals surface area (Å²) in [4.78, 5) is 4.14. The van der Waals surface area contributed by atoms with Crippen LogP contribution < -0.4 is 5.73 Å². The van der Waals surface area contributed by atoms with Crippen LogP contribution in [0.3, 0.4) is 0 Å². The van der Waals surface area contributed by atoms with Crippen LogP contribution in [-0.4, -0.2) is 4.98 Å². The quantitative estimate of drug-likeness (QED) is 0.740. The maximum absolute atomic E-state index is 5.95. The van der Waals surface area contributed by atoms with Crippen molar-refractivity contribution in [1.82, 2.24) is 4.98 Å². The smallest absolute Gasteiger partial charge is 0.0610 e. The lowest BCUT2D eigenvalue weighted by Gasteiger charge is -2.06. The van der Waals surface area contributed by atoms with Crippen molar-refractivity contribution >= 4 is 5.69 Å². The van der Waals surface area contributed by atoms with Crippen LogP contribution in [0.15, 0.2) is 42.6 Å². The summed E-state index contributed by atoms with van der Waals surface area (Å²) < 4.78 is 0. The van der Waals surface area contributed by atoms with Crippen molar-refractivity contribution < 1.29 is 0 Å². The molecule has 2 N–H and O–H groups in total. The molecule has 0 saturated heterocycles. The van der Waals surface area contributed by atoms with Crippen LogP contribution in [0, 0.1) is 6.92 Å². The fourth-order valence-electron chi connectivity index (χ4n) is 1.45. The van der Waals surface area contributed by atoms with Gasteiger partial charge in [-0.05, 0) is 18.6 Å². The van der Waals surface area contributed by atoms with Crippen molar-refractivity contribution in [3.8, 4) is 11.1 Å². The monoisotopic (exact) mass is 184 g/mol. The van der Waals surface area contributed by atoms with Crippen LogP contribution >= 0.6 is 0 Å². The SMILES string of the molecule is Cc1nccc(-c2ccccc2)c1N. The first-order chi connectivity index (χ1) is 6.79. The molecule has 0 spiro atoms. The molecule has 70 valence electrons. The highest BCUT2D eigenvalue weighted by molar-refractivity contribution is 5.77. The van der Waals surface area contributed by atoms with E-state index in [1.54, 1.807) is 6.20 Å². The van der Waals surface area contributed by atoms with Crippen LogP contribution in [0.4, 0.5) is 5.69 Å². The van der Waals surface area contributed by atoms with Crippen molar-refractivity contribution in [1.29, 1.82) is 0 Å². The van der Waals surface area contributed by atoms with Gasteiger partial charge >= 0.3 is 0 Å². The number of nitrogens with zero attached hydrogens (tertiary/aromatic N) is 1. The summed E-state index contributed by atoms with van der Waals surface area (Å²) in [6.07, 6.45) is 1.79. The van der Waals surface area contributed by atoms with Gasteiger partial charge in [-0.3, -0.25) is 4.98 Å². The highest BCUT2D eigenvalue weighted by atomic mass is 14.7. The molecule has 0 atom stereocenters. The summed E-state index contributed by atoms with van der Waals surface area (Å²) in [5.74, 6) is 0. The summed E-state index contributed by atoms with van der Waals surface area (Å²) in [5, 5.41) is 0. The zero-order valence-corrected chi connectivity index (χ0v) is 8.07. The average molecular weight is 184 g/mol. The summed E-state index contributed by atoms with van der Waals surface area (Å²) in [6, 6.07) is 12.0. The molecule has 0 aliphatic heterocycles. The molecule has 2 heteroatoms. The van der Waals surface area contributed by atoms with Gasteiger partial charge in [-0.2, -0.15) is 0 Å². The number of rotatable bonds is 1. The van der Waals surface area contributed by atoms with Gasteiger partial charge in [0.2, 0.25) is 0 Å². The van der Waals surface area contributed by atoms with Gasteiger partial charge in [-0.1, -0.05) is 30.3 Å². The van der Waals surface area contributed by atoms with Crippen LogP contribution in [-0.2, 0) is 0 Å². The molecule has 2 rings (SSSR count). The minimum Gasteiger partial charge on any atom is -0.397 e. The maximum Gasteiger partial charge on any atom is 0.0610 e. The molecule has 1 aromatic carbocycles. The Morgan fingerprint density at radius 1 is 1.07 bits per heavy atom. The third kappa shape index (κ3) is 1.46. The maximum atomic E-state index is 5.95. The Morgan fingerprint density at radius 2 is 1.79 bits per heavy atom. The number of hydrogen-bond acceptors (Lipinski definition) is 2. The molecular formula is C12H12N2. The van der Waals surface area contributed by atoms with Crippen molar-refractivity contribution in [2.45, 2.75) is 6.92 Å². The molecule has 0 bridgehead atoms. The van der Waals surface area contributed by atoms with Gasteiger partial charge in [0.1, 0.15) is 0 Å². The van der Waals surface area contributed by atoms with E-state index in [0.717, 1.165) is 22.5 Å². The number of benzene rings is 1. The normalized spacial score (nSPS) is 10.1. The van der Waals surface area contributed by atoms with Crippen molar-refractivity contribution in [3.05, 3.63) is 48.3 Å². The van der Waals surface area contributed by atoms with Crippen LogP contribution in [0.5, 0.6) is 0 Å². The Morgan fingerprint density at radius 3 is 2.50 bits per heavy atom. The number of aromatic nitrogens is 1. The highest BCUT2D eigenvalue weighted by Crippen LogP contribution is 2.26. The van der Waals surface area contributed by atoms with Crippen LogP contribution in [0.25, 0.3) is 11.1 Å². The molecule has 14 heavy (non-hydrogen) atoms. The van der Waals surface area contributed by atoms with Crippen molar-refractivity contribution in [3.63, 3.8) is 0 Å². The molecular weight excluding hydrogens is 172 g/mol. The molecule has 0 aliphatic rings. The van der Waals surface area contributed by atoms with Crippen LogP contribution in [0.2, 0.25) is 0 Å². The Balaban J connectivity index is 2.58. The number of nitrogen functional groups attached to an aromatic ring is 1. The summed E-state index contributed by atoms with van der Waals surface area (Å²) in [6.45, 7) is 1.92. The summed E-state index contributed by atoms with van der Waals surface area (Å²) in [5.41, 5.74) is 9.78. The third-order valence-electron chi connectivity index (χ3n) is 2.27. The molecule has 0 saturated carbocycles. The topological polar surface area (TPSA) is 38.9 Å². The van der Waals surface area contributed by atoms with Gasteiger partial charge in [0.05, 0.1) is 11.4 Å². The van der Waals surface area contributed by atoms with E-state index in [4.69, 9.17) is 5.73 Å². The van der Waals surface area contributed by atoms with Crippen molar-refractivity contribution in [2.75, 3.05) is 5.73 Å². The molecule has 1 aromatic heterocycles. The number of aryl methyl sites for hydroxylation is 1. The Bertz CT molecular complexity index is 435. The standard InChI is InChI=1S/C12H12N2/c1-9-12(13)11(7-8-14-9)10-5-3-2-4-6-10/h2-8H,13H2,1H3. The second kappa shape index (κ2) is 3.50. The van der Waals surface area contributed by atoms with Gasteiger partial charge in [0, 0.05) is 11.8 Å². The van der Waals surface area contributed by atoms with E-state index in [1.165, 1.54) is 0 Å². The van der Waals surface area contributed by atoms with Crippen LogP contribution in [0.1, 0.15) is 5.69 Å². The zero-order chi connectivity index (χ0) is 9.97. The average Bonchev–Trinajstić information content (AvgIpc) is 2.23. The van der Waals surface area contributed by atoms with E-state index in [9.17, 15) is 0 Å². The summed E-state index contributed by atoms with van der Waals surface area (Å²) >= 11 is 0. The Hall–Kier alpha value is -1.83. The molecule has 0 amide bonds. The van der Waals surface area contributed by atoms with E-state index in [2.05, 4.69) is 4.98 Å². The largest absolute Gasteiger partial charge is 0.397 e. The zero-order valence-electron chi connectivity index (χ0n) is 8.07. The lowest BCUT2D eigenvalue weighted by atomic mass is 10.0. The first kappa shape index (κ1) is 8.75. The first-order valence-electron chi connectivity index (χ1n) is 4.55. The predicted octanol–water partition coefficient (Wildman–Crippen LogP) is 2.64. The Kier molecular flexibility index (Phi) is 2.19. The minimum atomic E-state index is 0.763. The van der Waals surface area contributed by atoms with E-state index in [0.29, 0.717) is 0 Å². The van der Waals surface area contributed by atoms with E-state index >= 15 is 0 Å². The van der Waals surface area contributed by atoms with Gasteiger partial charge in [-0.25, -0.2) is 0 Å². The summed E-state index contributed by atoms with van der Waals surface area (Å²) in [7, 11) is 0. The molecule has 0 radical (unpaired) electrons. The fraction of sp³-hybridized carbons (Fsp3) is 0.0833. The molecule has 2 nitrogen and oxygen atoms in total. The molecule has 0 unspecified atom stereocenters. The van der Waals surface area contributed by atoms with Crippen molar-refractivity contribution in [2.24, 2.45) is 0 Å². The fourth-order valence-corrected chi connectivity index (χ4v) is 1.45. The second-order valence-electron chi connectivity index (χ2n) is 3.22. The molecule has 0 aliphatic carbocycles. The van der Waals surface area contributed by atoms with Gasteiger partial charge in [-0.15, -0.1) is 0 Å². The van der Waals surface area contributed by atoms with Gasteiger partial charge in [0.25, 0.3) is 0 Å². The Labute approximate surface area is 83.4 Å². The van der Waals surface area contributed by atoms with E-state index in [1.807, 2.05) is 43.3 Å². The van der Waals surface area contributed by atoms with E-state index in [-0.39, 0.29) is 0 Å². The second-order valence-corrected chi connectivity index (χ2v) is 3.22. The highest BCUT2D eigenvalue weighted by Gasteiger charge is 2.03. The van der Waals surface area contributed by atoms with Gasteiger partial charge < -0.3 is 5.73 Å². The third-order valence-corrected chi connectivity index (χ3v) is 2.27. The minimum absolute atomic E-state index is 0.763. The molecule has 1 heterocycles. The number of nitrogens with two attached hydrogens (primary N) is 1. The number of pyridine rings is 1. The number of hydrogen-bond donors (Lipinski definition) is 1. The lowest BCUT2D eigenvalue weighted by Crippen LogP contribution is -1.95. The lowest BCUT2D eigenvalue weighted by molar-refractivity contribution is 1.21. The van der Waals surface area contributed by atoms with E-state index < -0.39 is 0 Å². The first-order valence-corrected chi connectivity index (χ1v) is 4.55. The number of anilines is 1. The molecule has 0 fully saturated rings. The predicted molar refractivity (Wildman–Crippen MR) is 58.8 cm³/mol.